The smallest absolute Gasteiger partial charge is 0.416 e. The van der Waals surface area contributed by atoms with Crippen molar-refractivity contribution in [2.75, 3.05) is 30.4 Å². The zero-order valence-corrected chi connectivity index (χ0v) is 22.2. The molecule has 0 aliphatic heterocycles. The van der Waals surface area contributed by atoms with Crippen molar-refractivity contribution in [1.82, 2.24) is 19.5 Å². The first-order valence-corrected chi connectivity index (χ1v) is 13.4. The number of nitrogens with zero attached hydrogens (tertiary/aromatic N) is 5. The van der Waals surface area contributed by atoms with E-state index in [0.29, 0.717) is 48.2 Å². The summed E-state index contributed by atoms with van der Waals surface area (Å²) < 4.78 is 41.3. The van der Waals surface area contributed by atoms with E-state index in [-0.39, 0.29) is 18.0 Å². The van der Waals surface area contributed by atoms with E-state index in [2.05, 4.69) is 20.2 Å². The minimum absolute atomic E-state index is 0.228. The van der Waals surface area contributed by atoms with Crippen LogP contribution in [0.3, 0.4) is 0 Å². The van der Waals surface area contributed by atoms with Gasteiger partial charge in [0.25, 0.3) is 0 Å². The minimum atomic E-state index is -4.42. The molecule has 1 saturated carbocycles. The number of nitrogens with one attached hydrogen (secondary N) is 1. The number of benzene rings is 2. The zero-order chi connectivity index (χ0) is 28.3. The number of likely N-dealkylation sites (N-methyl/N-ethyl adjacent to an activating group) is 1. The van der Waals surface area contributed by atoms with Crippen molar-refractivity contribution in [3.8, 4) is 0 Å². The molecule has 11 heteroatoms. The molecule has 0 radical (unpaired) electrons. The third-order valence-electron chi connectivity index (χ3n) is 7.43. The van der Waals surface area contributed by atoms with Gasteiger partial charge in [0.1, 0.15) is 11.3 Å². The van der Waals surface area contributed by atoms with E-state index < -0.39 is 17.7 Å². The number of hydrogen-bond acceptors (Lipinski definition) is 6. The van der Waals surface area contributed by atoms with Crippen LogP contribution in [0.25, 0.3) is 11.2 Å². The summed E-state index contributed by atoms with van der Waals surface area (Å²) in [4.78, 5) is 27.1. The average molecular weight is 553 g/mol. The van der Waals surface area contributed by atoms with Gasteiger partial charge in [-0.05, 0) is 42.2 Å². The van der Waals surface area contributed by atoms with E-state index in [1.54, 1.807) is 0 Å². The Balaban J connectivity index is 1.51. The first-order valence-electron chi connectivity index (χ1n) is 13.4. The Bertz CT molecular complexity index is 1470. The number of carbonyl (C=O) groups is 1. The molecule has 5 rings (SSSR count). The minimum Gasteiger partial charge on any atom is -0.475 e. The Kier molecular flexibility index (Phi) is 7.90. The maximum atomic E-state index is 13.2. The number of hydrogen-bond donors (Lipinski definition) is 2. The van der Waals surface area contributed by atoms with Gasteiger partial charge in [-0.3, -0.25) is 0 Å². The molecule has 2 aromatic carbocycles. The molecule has 4 aromatic rings. The van der Waals surface area contributed by atoms with Gasteiger partial charge in [-0.15, -0.1) is 0 Å². The van der Waals surface area contributed by atoms with Crippen LogP contribution in [0.2, 0.25) is 0 Å². The molecule has 0 atom stereocenters. The lowest BCUT2D eigenvalue weighted by molar-refractivity contribution is -0.137. The molecule has 2 aromatic heterocycles. The highest BCUT2D eigenvalue weighted by Crippen LogP contribution is 2.31. The summed E-state index contributed by atoms with van der Waals surface area (Å²) in [6, 6.07) is 14.9. The van der Waals surface area contributed by atoms with Crippen LogP contribution >= 0.6 is 0 Å². The second-order valence-corrected chi connectivity index (χ2v) is 10.2. The fourth-order valence-corrected chi connectivity index (χ4v) is 4.90. The topological polar surface area (TPSA) is 96.2 Å². The Labute approximate surface area is 229 Å². The van der Waals surface area contributed by atoms with E-state index in [9.17, 15) is 23.1 Å². The second-order valence-electron chi connectivity index (χ2n) is 10.2. The summed E-state index contributed by atoms with van der Waals surface area (Å²) in [6.45, 7) is 1.45. The molecule has 0 bridgehead atoms. The molecule has 2 heterocycles. The lowest BCUT2D eigenvalue weighted by Gasteiger charge is -2.25. The van der Waals surface area contributed by atoms with E-state index in [4.69, 9.17) is 4.98 Å². The fourth-order valence-electron chi connectivity index (χ4n) is 4.90. The molecular weight excluding hydrogens is 521 g/mol. The molecule has 2 N–H and O–H groups in total. The molecule has 0 unspecified atom stereocenters. The van der Waals surface area contributed by atoms with Crippen molar-refractivity contribution in [2.45, 2.75) is 44.8 Å². The third kappa shape index (κ3) is 6.19. The number of para-hydroxylation sites is 1. The van der Waals surface area contributed by atoms with Gasteiger partial charge in [0, 0.05) is 38.8 Å². The molecule has 210 valence electrons. The Hall–Kier alpha value is -4.15. The van der Waals surface area contributed by atoms with Gasteiger partial charge in [-0.1, -0.05) is 49.6 Å². The summed E-state index contributed by atoms with van der Waals surface area (Å²) in [5.74, 6) is 0.0302. The lowest BCUT2D eigenvalue weighted by Crippen LogP contribution is -2.22. The molecule has 0 amide bonds. The van der Waals surface area contributed by atoms with Crippen molar-refractivity contribution >= 4 is 28.6 Å². The highest BCUT2D eigenvalue weighted by Gasteiger charge is 2.30. The SMILES string of the molecule is CN(CCc1nc2nc(C(=O)O)nc(NCCC3CCC3)c2n1Cc1ccc(C(F)(F)F)cc1)c1ccccc1. The van der Waals surface area contributed by atoms with E-state index in [1.165, 1.54) is 31.4 Å². The predicted octanol–water partition coefficient (Wildman–Crippen LogP) is 5.87. The molecule has 1 aliphatic rings. The summed E-state index contributed by atoms with van der Waals surface area (Å²) in [5, 5.41) is 13.0. The van der Waals surface area contributed by atoms with E-state index >= 15 is 0 Å². The Morgan fingerprint density at radius 3 is 2.42 bits per heavy atom. The predicted molar refractivity (Wildman–Crippen MR) is 147 cm³/mol. The number of fused-ring (bicyclic) bond motifs is 1. The summed E-state index contributed by atoms with van der Waals surface area (Å²) >= 11 is 0. The van der Waals surface area contributed by atoms with Gasteiger partial charge in [-0.25, -0.2) is 19.7 Å². The number of aromatic nitrogens is 4. The van der Waals surface area contributed by atoms with E-state index in [1.807, 2.05) is 41.9 Å². The van der Waals surface area contributed by atoms with Gasteiger partial charge in [0.05, 0.1) is 5.56 Å². The molecule has 40 heavy (non-hydrogen) atoms. The lowest BCUT2D eigenvalue weighted by atomic mass is 9.83. The first-order chi connectivity index (χ1) is 19.2. The van der Waals surface area contributed by atoms with Gasteiger partial charge >= 0.3 is 12.1 Å². The molecule has 1 aliphatic carbocycles. The van der Waals surface area contributed by atoms with Crippen molar-refractivity contribution in [1.29, 1.82) is 0 Å². The number of carboxylic acids is 1. The van der Waals surface area contributed by atoms with Crippen molar-refractivity contribution < 1.29 is 23.1 Å². The van der Waals surface area contributed by atoms with Crippen LogP contribution in [0.1, 0.15) is 53.3 Å². The first kappa shape index (κ1) is 27.4. The average Bonchev–Trinajstić information content (AvgIpc) is 3.26. The molecular formula is C29H31F3N6O2. The van der Waals surface area contributed by atoms with Crippen LogP contribution in [0, 0.1) is 5.92 Å². The largest absolute Gasteiger partial charge is 0.475 e. The number of halogens is 3. The van der Waals surface area contributed by atoms with Crippen LogP contribution < -0.4 is 10.2 Å². The summed E-state index contributed by atoms with van der Waals surface area (Å²) in [5.41, 5.74) is 1.73. The normalized spacial score (nSPS) is 13.8. The highest BCUT2D eigenvalue weighted by atomic mass is 19.4. The number of aromatic carboxylic acids is 1. The van der Waals surface area contributed by atoms with Crippen molar-refractivity contribution in [2.24, 2.45) is 5.92 Å². The summed E-state index contributed by atoms with van der Waals surface area (Å²) in [6.07, 6.45) is 0.610. The van der Waals surface area contributed by atoms with Crippen LogP contribution in [0.5, 0.6) is 0 Å². The maximum absolute atomic E-state index is 13.2. The molecule has 0 saturated heterocycles. The highest BCUT2D eigenvalue weighted by molar-refractivity contribution is 5.90. The van der Waals surface area contributed by atoms with Crippen LogP contribution in [-0.4, -0.2) is 50.7 Å². The van der Waals surface area contributed by atoms with Gasteiger partial charge in [-0.2, -0.15) is 13.2 Å². The molecule has 0 spiro atoms. The molecule has 8 nitrogen and oxygen atoms in total. The Morgan fingerprint density at radius 2 is 1.80 bits per heavy atom. The van der Waals surface area contributed by atoms with E-state index in [0.717, 1.165) is 24.2 Å². The molecule has 1 fully saturated rings. The third-order valence-corrected chi connectivity index (χ3v) is 7.43. The number of alkyl halides is 3. The summed E-state index contributed by atoms with van der Waals surface area (Å²) in [7, 11) is 1.97. The maximum Gasteiger partial charge on any atom is 0.416 e. The van der Waals surface area contributed by atoms with Gasteiger partial charge < -0.3 is 19.9 Å². The number of rotatable bonds is 11. The quantitative estimate of drug-likeness (QED) is 0.240. The number of carboxylic acid groups (broad SMARTS) is 1. The van der Waals surface area contributed by atoms with Gasteiger partial charge in [0.15, 0.2) is 11.5 Å². The zero-order valence-electron chi connectivity index (χ0n) is 22.2. The second kappa shape index (κ2) is 11.5. The fraction of sp³-hybridized carbons (Fsp3) is 0.379. The van der Waals surface area contributed by atoms with Crippen LogP contribution in [0.15, 0.2) is 54.6 Å². The standard InChI is InChI=1S/C29H31F3N6O2/c1-37(22-8-3-2-4-9-22)17-15-23-34-26-24(38(23)18-20-10-12-21(13-11-20)29(30,31)32)25(35-27(36-26)28(39)40)33-16-14-19-6-5-7-19/h2-4,8-13,19H,5-7,14-18H2,1H3,(H,39,40)(H,33,35,36). The van der Waals surface area contributed by atoms with Crippen LogP contribution in [0.4, 0.5) is 24.7 Å². The van der Waals surface area contributed by atoms with Crippen LogP contribution in [-0.2, 0) is 19.1 Å². The van der Waals surface area contributed by atoms with Crippen molar-refractivity contribution in [3.63, 3.8) is 0 Å². The number of anilines is 2. The van der Waals surface area contributed by atoms with Gasteiger partial charge in [0.2, 0.25) is 5.82 Å². The monoisotopic (exact) mass is 552 g/mol. The Morgan fingerprint density at radius 1 is 1.07 bits per heavy atom. The number of imidazole rings is 1. The van der Waals surface area contributed by atoms with Crippen molar-refractivity contribution in [3.05, 3.63) is 77.4 Å².